The minimum atomic E-state index is -1.33. The Morgan fingerprint density at radius 2 is 0.556 bits per heavy atom. The van der Waals surface area contributed by atoms with Gasteiger partial charge in [-0.15, -0.1) is 0 Å². The van der Waals surface area contributed by atoms with Crippen molar-refractivity contribution in [1.82, 2.24) is 0 Å². The van der Waals surface area contributed by atoms with Crippen LogP contribution in [-0.4, -0.2) is 23.9 Å². The number of aromatic carboxylic acids is 4. The minimum absolute atomic E-state index is 0. The molecule has 0 saturated carbocycles. The van der Waals surface area contributed by atoms with Crippen LogP contribution < -0.4 is 20.4 Å². The van der Waals surface area contributed by atoms with Crippen molar-refractivity contribution in [2.45, 2.75) is 0 Å². The molecule has 147 valence electrons. The van der Waals surface area contributed by atoms with Gasteiger partial charge < -0.3 is 39.6 Å². The molecule has 3 radical (unpaired) electrons. The van der Waals surface area contributed by atoms with Crippen molar-refractivity contribution in [3.63, 3.8) is 0 Å². The molecule has 0 aliphatic rings. The predicted octanol–water partition coefficient (Wildman–Crippen LogP) is -2.27. The second-order valence-corrected chi connectivity index (χ2v) is 4.30. The number of hydrogen-bond donors (Lipinski definition) is 0. The minimum Gasteiger partial charge on any atom is -0.545 e. The molecular weight excluding hydrogens is 403 g/mol. The van der Waals surface area contributed by atoms with E-state index in [4.69, 9.17) is 0 Å². The normalized spacial score (nSPS) is 8.30. The third-order valence-corrected chi connectivity index (χ3v) is 2.71. The molecule has 0 amide bonds. The Kier molecular flexibility index (Phi) is 13.9. The van der Waals surface area contributed by atoms with Gasteiger partial charge in [0.05, 0.1) is 23.9 Å². The van der Waals surface area contributed by atoms with E-state index in [0.29, 0.717) is 0 Å². The quantitative estimate of drug-likeness (QED) is 0.538. The first-order valence-electron chi connectivity index (χ1n) is 6.28. The molecule has 0 fully saturated rings. The molecule has 0 atom stereocenters. The van der Waals surface area contributed by atoms with E-state index < -0.39 is 23.9 Å². The van der Waals surface area contributed by atoms with Gasteiger partial charge in [0, 0.05) is 16.8 Å². The summed E-state index contributed by atoms with van der Waals surface area (Å²) in [6.07, 6.45) is 0. The first-order valence-corrected chi connectivity index (χ1v) is 6.28. The van der Waals surface area contributed by atoms with Gasteiger partial charge >= 0.3 is 0 Å². The molecule has 0 aliphatic carbocycles. The number of carbonyl (C=O) groups is 4. The molecule has 0 aliphatic heterocycles. The average Bonchev–Trinajstić information content (AvgIpc) is 2.55. The van der Waals surface area contributed by atoms with Crippen LogP contribution in [0, 0.1) is 14.9 Å². The zero-order chi connectivity index (χ0) is 18.3. The molecule has 27 heavy (non-hydrogen) atoms. The zero-order valence-corrected chi connectivity index (χ0v) is 15.3. The molecule has 0 saturated heterocycles. The second-order valence-electron chi connectivity index (χ2n) is 4.30. The topological polar surface area (TPSA) is 161 Å². The third-order valence-electron chi connectivity index (χ3n) is 2.71. The summed E-state index contributed by atoms with van der Waals surface area (Å²) in [4.78, 5) is 40.8. The summed E-state index contributed by atoms with van der Waals surface area (Å²) in [7, 11) is 0. The molecule has 0 spiro atoms. The van der Waals surface area contributed by atoms with Gasteiger partial charge in [-0.3, -0.25) is 0 Å². The molecule has 0 bridgehead atoms. The third kappa shape index (κ3) is 9.19. The maximum atomic E-state index is 10.2. The van der Waals surface area contributed by atoms with Crippen molar-refractivity contribution in [1.29, 1.82) is 0 Å². The van der Waals surface area contributed by atoms with Gasteiger partial charge in [0.1, 0.15) is 0 Å². The fourth-order valence-electron chi connectivity index (χ4n) is 1.48. The first-order chi connectivity index (χ1) is 11.2. The van der Waals surface area contributed by atoms with Gasteiger partial charge in [0.2, 0.25) is 0 Å². The van der Waals surface area contributed by atoms with Crippen molar-refractivity contribution in [3.8, 4) is 0 Å². The maximum absolute atomic E-state index is 10.2. The molecule has 2 aromatic rings. The Labute approximate surface area is 166 Å². The molecule has 9 heteroatoms. The van der Waals surface area contributed by atoms with Crippen molar-refractivity contribution < 1.29 is 56.4 Å². The Morgan fingerprint density at radius 3 is 0.630 bits per heavy atom. The number of rotatable bonds is 4. The van der Waals surface area contributed by atoms with E-state index in [-0.39, 0.29) is 53.9 Å². The van der Waals surface area contributed by atoms with E-state index in [1.54, 1.807) is 0 Å². The molecule has 8 nitrogen and oxygen atoms in total. The smallest absolute Gasteiger partial charge is 0.0715 e. The molecule has 0 unspecified atom stereocenters. The van der Waals surface area contributed by atoms with E-state index in [1.165, 1.54) is 0 Å². The van der Waals surface area contributed by atoms with E-state index in [0.717, 1.165) is 48.5 Å². The fraction of sp³-hybridized carbons (Fsp3) is 0. The SMILES string of the molecule is O=C([O-])c1ccc(C(=O)[O-])cc1.O=C([O-])c1ccc(C(=O)[O-])cc1.[CH3].[CH3].[Co]. The summed E-state index contributed by atoms with van der Waals surface area (Å²) >= 11 is 0. The number of hydrogen-bond acceptors (Lipinski definition) is 8. The number of carboxylic acid groups (broad SMARTS) is 4. The molecule has 0 N–H and O–H groups in total. The Bertz CT molecular complexity index is 633. The fourth-order valence-corrected chi connectivity index (χ4v) is 1.48. The number of benzene rings is 2. The molecule has 0 aromatic heterocycles. The van der Waals surface area contributed by atoms with E-state index in [9.17, 15) is 39.6 Å². The predicted molar refractivity (Wildman–Crippen MR) is 83.0 cm³/mol. The van der Waals surface area contributed by atoms with Gasteiger partial charge in [-0.2, -0.15) is 0 Å². The van der Waals surface area contributed by atoms with Gasteiger partial charge in [0.15, 0.2) is 0 Å². The van der Waals surface area contributed by atoms with Crippen molar-refractivity contribution >= 4 is 23.9 Å². The monoisotopic (exact) mass is 417 g/mol. The van der Waals surface area contributed by atoms with Crippen LogP contribution in [0.15, 0.2) is 48.5 Å². The molecule has 2 aromatic carbocycles. The van der Waals surface area contributed by atoms with Crippen LogP contribution >= 0.6 is 0 Å². The number of carbonyl (C=O) groups excluding carboxylic acids is 4. The second kappa shape index (κ2) is 13.1. The summed E-state index contributed by atoms with van der Waals surface area (Å²) in [5.41, 5.74) is -0.222. The van der Waals surface area contributed by atoms with Crippen molar-refractivity contribution in [2.24, 2.45) is 0 Å². The van der Waals surface area contributed by atoms with Crippen LogP contribution in [0.4, 0.5) is 0 Å². The van der Waals surface area contributed by atoms with Crippen LogP contribution in [0.5, 0.6) is 0 Å². The van der Waals surface area contributed by atoms with Gasteiger partial charge in [0.25, 0.3) is 0 Å². The van der Waals surface area contributed by atoms with Crippen LogP contribution in [-0.2, 0) is 16.8 Å². The Balaban J connectivity index is -0.000000384. The summed E-state index contributed by atoms with van der Waals surface area (Å²) in [6.45, 7) is 0. The van der Waals surface area contributed by atoms with Crippen LogP contribution in [0.2, 0.25) is 0 Å². The molecular formula is C18H14CoO8-4. The molecule has 2 rings (SSSR count). The van der Waals surface area contributed by atoms with E-state index in [2.05, 4.69) is 0 Å². The van der Waals surface area contributed by atoms with Crippen LogP contribution in [0.3, 0.4) is 0 Å². The van der Waals surface area contributed by atoms with Crippen LogP contribution in [0.1, 0.15) is 41.4 Å². The average molecular weight is 417 g/mol. The van der Waals surface area contributed by atoms with Crippen molar-refractivity contribution in [3.05, 3.63) is 85.6 Å². The van der Waals surface area contributed by atoms with Gasteiger partial charge in [-0.1, -0.05) is 63.4 Å². The largest absolute Gasteiger partial charge is 0.545 e. The van der Waals surface area contributed by atoms with Gasteiger partial charge in [-0.25, -0.2) is 0 Å². The van der Waals surface area contributed by atoms with Crippen LogP contribution in [0.25, 0.3) is 0 Å². The van der Waals surface area contributed by atoms with Crippen molar-refractivity contribution in [2.75, 3.05) is 0 Å². The first kappa shape index (κ1) is 28.6. The molecule has 0 heterocycles. The summed E-state index contributed by atoms with van der Waals surface area (Å²) in [6, 6.07) is 9.23. The number of carboxylic acids is 4. The van der Waals surface area contributed by atoms with E-state index in [1.807, 2.05) is 0 Å². The Hall–Kier alpha value is -3.17. The van der Waals surface area contributed by atoms with Gasteiger partial charge in [-0.05, 0) is 22.3 Å². The zero-order valence-electron chi connectivity index (χ0n) is 14.2. The van der Waals surface area contributed by atoms with E-state index >= 15 is 0 Å². The summed E-state index contributed by atoms with van der Waals surface area (Å²) in [5, 5.41) is 40.8. The standard InChI is InChI=1S/2C8H6O4.2CH3.Co/c2*9-7(10)5-1-2-6(4-3-5)8(11)12;;;/h2*1-4H,(H,9,10)(H,11,12);2*1H3;/p-4. The maximum Gasteiger partial charge on any atom is 0.0715 e. The summed E-state index contributed by atoms with van der Waals surface area (Å²) < 4.78 is 0. The summed E-state index contributed by atoms with van der Waals surface area (Å²) in [5.74, 6) is -5.33. The Morgan fingerprint density at radius 1 is 0.444 bits per heavy atom.